The summed E-state index contributed by atoms with van der Waals surface area (Å²) >= 11 is 0. The van der Waals surface area contributed by atoms with Gasteiger partial charge in [0.05, 0.1) is 16.5 Å². The minimum atomic E-state index is -4.95. The van der Waals surface area contributed by atoms with Gasteiger partial charge in [-0.15, -0.1) is 0 Å². The van der Waals surface area contributed by atoms with Gasteiger partial charge in [-0.05, 0) is 92.4 Å². The highest BCUT2D eigenvalue weighted by atomic mass is 19.4. The van der Waals surface area contributed by atoms with E-state index in [0.717, 1.165) is 44.3 Å². The molecule has 1 saturated carbocycles. The molecule has 0 spiro atoms. The number of hydrogen-bond acceptors (Lipinski definition) is 2. The van der Waals surface area contributed by atoms with Crippen LogP contribution in [0.25, 0.3) is 0 Å². The molecule has 3 nitrogen and oxygen atoms in total. The molecule has 5 rings (SSSR count). The van der Waals surface area contributed by atoms with Crippen LogP contribution in [-0.2, 0) is 29.1 Å². The molecule has 9 heteroatoms. The van der Waals surface area contributed by atoms with Crippen molar-refractivity contribution in [2.24, 2.45) is 0 Å². The number of carbonyl (C=O) groups excluding carboxylic acids is 1. The van der Waals surface area contributed by atoms with E-state index in [1.165, 1.54) is 5.56 Å². The highest BCUT2D eigenvalue weighted by Crippen LogP contribution is 2.43. The Hall–Kier alpha value is -3.33. The second-order valence-corrected chi connectivity index (χ2v) is 11.5. The highest BCUT2D eigenvalue weighted by Gasteiger charge is 2.44. The van der Waals surface area contributed by atoms with Crippen molar-refractivity contribution in [2.45, 2.75) is 74.8 Å². The van der Waals surface area contributed by atoms with Crippen molar-refractivity contribution in [3.8, 4) is 0 Å². The lowest BCUT2D eigenvalue weighted by Gasteiger charge is -2.45. The molecule has 0 atom stereocenters. The molecular weight excluding hydrogens is 554 g/mol. The zero-order valence-electron chi connectivity index (χ0n) is 23.1. The molecule has 224 valence electrons. The number of hydrogen-bond donors (Lipinski definition) is 1. The summed E-state index contributed by atoms with van der Waals surface area (Å²) in [5.74, 6) is 0.162. The number of alkyl halides is 6. The first kappa shape index (κ1) is 30.1. The van der Waals surface area contributed by atoms with Crippen molar-refractivity contribution < 1.29 is 31.1 Å². The monoisotopic (exact) mass is 588 g/mol. The fourth-order valence-corrected chi connectivity index (χ4v) is 6.66. The van der Waals surface area contributed by atoms with E-state index in [2.05, 4.69) is 34.5 Å². The van der Waals surface area contributed by atoms with Crippen molar-refractivity contribution in [3.05, 3.63) is 107 Å². The van der Waals surface area contributed by atoms with Crippen LogP contribution >= 0.6 is 0 Å². The average molecular weight is 589 g/mol. The highest BCUT2D eigenvalue weighted by molar-refractivity contribution is 5.88. The fraction of sp³-hybridized carbons (Fsp3) is 0.424. The van der Waals surface area contributed by atoms with E-state index in [4.69, 9.17) is 0 Å². The van der Waals surface area contributed by atoms with Crippen LogP contribution in [0.3, 0.4) is 0 Å². The summed E-state index contributed by atoms with van der Waals surface area (Å²) in [6.45, 7) is 1.52. The Kier molecular flexibility index (Phi) is 8.69. The summed E-state index contributed by atoms with van der Waals surface area (Å²) < 4.78 is 80.1. The summed E-state index contributed by atoms with van der Waals surface area (Å²) in [7, 11) is 0. The van der Waals surface area contributed by atoms with Crippen molar-refractivity contribution >= 4 is 5.91 Å². The number of nitrogens with one attached hydrogen (secondary N) is 1. The van der Waals surface area contributed by atoms with Gasteiger partial charge >= 0.3 is 12.4 Å². The number of halogens is 6. The molecular formula is C33H34F6N2O. The number of likely N-dealkylation sites (tertiary alicyclic amines) is 1. The second-order valence-electron chi connectivity index (χ2n) is 11.5. The maximum atomic E-state index is 13.8. The Balaban J connectivity index is 1.28. The molecule has 1 saturated heterocycles. The number of nitrogens with zero attached hydrogens (tertiary/aromatic N) is 1. The van der Waals surface area contributed by atoms with Crippen LogP contribution in [0.4, 0.5) is 26.3 Å². The Morgan fingerprint density at radius 1 is 0.762 bits per heavy atom. The number of piperidine rings is 1. The molecule has 1 heterocycles. The van der Waals surface area contributed by atoms with Gasteiger partial charge < -0.3 is 10.2 Å². The molecule has 3 aromatic rings. The van der Waals surface area contributed by atoms with Crippen molar-refractivity contribution in [1.29, 1.82) is 0 Å². The minimum Gasteiger partial charge on any atom is -0.351 e. The van der Waals surface area contributed by atoms with Crippen LogP contribution < -0.4 is 5.32 Å². The predicted octanol–water partition coefficient (Wildman–Crippen LogP) is 8.10. The van der Waals surface area contributed by atoms with Crippen LogP contribution in [0.15, 0.2) is 78.9 Å². The lowest BCUT2D eigenvalue weighted by molar-refractivity contribution is -0.143. The molecule has 42 heavy (non-hydrogen) atoms. The van der Waals surface area contributed by atoms with E-state index in [1.54, 1.807) is 0 Å². The van der Waals surface area contributed by atoms with Gasteiger partial charge in [-0.2, -0.15) is 26.3 Å². The predicted molar refractivity (Wildman–Crippen MR) is 149 cm³/mol. The van der Waals surface area contributed by atoms with Gasteiger partial charge in [0, 0.05) is 12.6 Å². The van der Waals surface area contributed by atoms with Crippen molar-refractivity contribution in [2.75, 3.05) is 13.1 Å². The molecule has 2 fully saturated rings. The topological polar surface area (TPSA) is 32.3 Å². The maximum Gasteiger partial charge on any atom is 0.416 e. The largest absolute Gasteiger partial charge is 0.416 e. The van der Waals surface area contributed by atoms with E-state index >= 15 is 0 Å². The second kappa shape index (κ2) is 12.1. The third-order valence-corrected chi connectivity index (χ3v) is 8.99. The first-order valence-corrected chi connectivity index (χ1v) is 14.4. The molecule has 1 aliphatic carbocycles. The summed E-state index contributed by atoms with van der Waals surface area (Å²) in [5.41, 5.74) is -1.77. The molecule has 1 aliphatic heterocycles. The first-order valence-electron chi connectivity index (χ1n) is 14.4. The standard InChI is InChI=1S/C33H34F6N2O/c34-32(35,36)27-19-23(20-28(21-27)33(37,38)39)22-40-30(42)31(26-9-5-2-6-10-26)15-11-29(12-16-31)41-17-13-25(14-18-41)24-7-3-1-4-8-24/h1-10,19-21,25,29H,11-18,22H2,(H,40,42)/t29-,31-. The smallest absolute Gasteiger partial charge is 0.351 e. The van der Waals surface area contributed by atoms with Gasteiger partial charge in [0.2, 0.25) is 5.91 Å². The molecule has 0 radical (unpaired) electrons. The first-order chi connectivity index (χ1) is 20.0. The van der Waals surface area contributed by atoms with Crippen molar-refractivity contribution in [3.63, 3.8) is 0 Å². The fourth-order valence-electron chi connectivity index (χ4n) is 6.66. The van der Waals surface area contributed by atoms with Gasteiger partial charge in [0.25, 0.3) is 0 Å². The van der Waals surface area contributed by atoms with E-state index in [-0.39, 0.29) is 17.5 Å². The summed E-state index contributed by atoms with van der Waals surface area (Å²) in [6.07, 6.45) is -5.10. The van der Waals surface area contributed by atoms with Crippen LogP contribution in [-0.4, -0.2) is 29.9 Å². The van der Waals surface area contributed by atoms with Gasteiger partial charge in [0.15, 0.2) is 0 Å². The molecule has 0 bridgehead atoms. The maximum absolute atomic E-state index is 13.8. The molecule has 0 unspecified atom stereocenters. The number of carbonyl (C=O) groups is 1. The Labute approximate surface area is 241 Å². The summed E-state index contributed by atoms with van der Waals surface area (Å²) in [6, 6.07) is 21.5. The number of benzene rings is 3. The Morgan fingerprint density at radius 2 is 1.29 bits per heavy atom. The molecule has 1 N–H and O–H groups in total. The number of rotatable bonds is 6. The molecule has 0 aromatic heterocycles. The Morgan fingerprint density at radius 3 is 1.81 bits per heavy atom. The molecule has 1 amide bonds. The minimum absolute atomic E-state index is 0.0979. The summed E-state index contributed by atoms with van der Waals surface area (Å²) in [5, 5.41) is 2.70. The quantitative estimate of drug-likeness (QED) is 0.295. The van der Waals surface area contributed by atoms with Crippen LogP contribution in [0, 0.1) is 0 Å². The summed E-state index contributed by atoms with van der Waals surface area (Å²) in [4.78, 5) is 16.3. The lowest BCUT2D eigenvalue weighted by Crippen LogP contribution is -2.51. The van der Waals surface area contributed by atoms with Gasteiger partial charge in [-0.3, -0.25) is 4.79 Å². The normalized spacial score (nSPS) is 22.6. The van der Waals surface area contributed by atoms with E-state index in [9.17, 15) is 31.1 Å². The SMILES string of the molecule is O=C(NCc1cc(C(F)(F)F)cc(C(F)(F)F)c1)[C@]1(c2ccccc2)CC[C@@H](N2CCC(c3ccccc3)CC2)CC1. The zero-order valence-corrected chi connectivity index (χ0v) is 23.1. The Bertz CT molecular complexity index is 1310. The lowest BCUT2D eigenvalue weighted by atomic mass is 9.67. The third kappa shape index (κ3) is 6.66. The van der Waals surface area contributed by atoms with Gasteiger partial charge in [-0.25, -0.2) is 0 Å². The molecule has 3 aromatic carbocycles. The van der Waals surface area contributed by atoms with Crippen LogP contribution in [0.5, 0.6) is 0 Å². The van der Waals surface area contributed by atoms with Crippen molar-refractivity contribution in [1.82, 2.24) is 10.2 Å². The van der Waals surface area contributed by atoms with E-state index in [0.29, 0.717) is 36.9 Å². The zero-order chi connectivity index (χ0) is 30.0. The van der Waals surface area contributed by atoms with Gasteiger partial charge in [-0.1, -0.05) is 60.7 Å². The number of amides is 1. The molecule has 2 aliphatic rings. The average Bonchev–Trinajstić information content (AvgIpc) is 3.00. The third-order valence-electron chi connectivity index (χ3n) is 8.99. The van der Waals surface area contributed by atoms with Gasteiger partial charge in [0.1, 0.15) is 0 Å². The van der Waals surface area contributed by atoms with E-state index in [1.807, 2.05) is 36.4 Å². The van der Waals surface area contributed by atoms with E-state index < -0.39 is 35.4 Å². The van der Waals surface area contributed by atoms with Crippen LogP contribution in [0.2, 0.25) is 0 Å². The van der Waals surface area contributed by atoms with Crippen LogP contribution in [0.1, 0.15) is 72.3 Å².